The van der Waals surface area contributed by atoms with Crippen LogP contribution in [0.2, 0.25) is 0 Å². The fourth-order valence-corrected chi connectivity index (χ4v) is 8.14. The average Bonchev–Trinajstić information content (AvgIpc) is 3.59. The lowest BCUT2D eigenvalue weighted by Crippen LogP contribution is -1.88. The molecule has 0 N–H and O–H groups in total. The fourth-order valence-electron chi connectivity index (χ4n) is 5.87. The largest absolute Gasteiger partial charge is 0.192 e. The van der Waals surface area contributed by atoms with Gasteiger partial charge in [0.1, 0.15) is 0 Å². The van der Waals surface area contributed by atoms with Gasteiger partial charge in [-0.05, 0) is 88.0 Å². The van der Waals surface area contributed by atoms with Gasteiger partial charge in [0.15, 0.2) is 0 Å². The number of thiophene rings is 2. The van der Waals surface area contributed by atoms with E-state index in [9.17, 15) is 5.26 Å². The minimum Gasteiger partial charge on any atom is -0.192 e. The Morgan fingerprint density at radius 1 is 0.425 bits per heavy atom. The lowest BCUT2D eigenvalue weighted by atomic mass is 9.90. The van der Waals surface area contributed by atoms with Crippen LogP contribution >= 0.6 is 22.7 Å². The quantitative estimate of drug-likeness (QED) is 0.217. The van der Waals surface area contributed by atoms with Gasteiger partial charge in [0.25, 0.3) is 0 Å². The molecule has 1 nitrogen and oxygen atoms in total. The predicted octanol–water partition coefficient (Wildman–Crippen LogP) is 11.3. The van der Waals surface area contributed by atoms with Crippen molar-refractivity contribution in [2.45, 2.75) is 0 Å². The maximum absolute atomic E-state index is 9.37. The molecule has 0 amide bonds. The number of rotatable bonds is 3. The molecule has 40 heavy (non-hydrogen) atoms. The van der Waals surface area contributed by atoms with E-state index in [2.05, 4.69) is 121 Å². The van der Waals surface area contributed by atoms with E-state index in [-0.39, 0.29) is 0 Å². The fraction of sp³-hybridized carbons (Fsp3) is 0. The minimum absolute atomic E-state index is 0.671. The molecule has 3 heteroatoms. The molecule has 0 bridgehead atoms. The van der Waals surface area contributed by atoms with Crippen LogP contribution in [-0.2, 0) is 0 Å². The summed E-state index contributed by atoms with van der Waals surface area (Å²) in [7, 11) is 0. The summed E-state index contributed by atoms with van der Waals surface area (Å²) >= 11 is 3.70. The van der Waals surface area contributed by atoms with E-state index in [1.54, 1.807) is 0 Å². The van der Waals surface area contributed by atoms with E-state index in [0.29, 0.717) is 5.56 Å². The molecule has 0 spiro atoms. The van der Waals surface area contributed by atoms with Crippen LogP contribution in [-0.4, -0.2) is 0 Å². The lowest BCUT2D eigenvalue weighted by molar-refractivity contribution is 1.48. The first kappa shape index (κ1) is 23.2. The molecule has 0 aliphatic rings. The summed E-state index contributed by atoms with van der Waals surface area (Å²) in [5, 5.41) is 14.6. The highest BCUT2D eigenvalue weighted by atomic mass is 32.1. The Balaban J connectivity index is 1.44. The van der Waals surface area contributed by atoms with Gasteiger partial charge >= 0.3 is 0 Å². The number of nitriles is 1. The zero-order chi connectivity index (χ0) is 26.6. The maximum Gasteiger partial charge on any atom is 0.0991 e. The van der Waals surface area contributed by atoms with Crippen LogP contribution in [0.3, 0.4) is 0 Å². The second-order valence-electron chi connectivity index (χ2n) is 10.0. The van der Waals surface area contributed by atoms with Crippen LogP contribution in [0.1, 0.15) is 5.56 Å². The van der Waals surface area contributed by atoms with E-state index >= 15 is 0 Å². The highest BCUT2D eigenvalue weighted by Gasteiger charge is 2.16. The Morgan fingerprint density at radius 3 is 1.43 bits per heavy atom. The van der Waals surface area contributed by atoms with Crippen LogP contribution in [0.5, 0.6) is 0 Å². The van der Waals surface area contributed by atoms with Gasteiger partial charge in [0.05, 0.1) is 11.6 Å². The second kappa shape index (κ2) is 9.17. The van der Waals surface area contributed by atoms with Crippen molar-refractivity contribution in [2.75, 3.05) is 0 Å². The molecule has 0 aliphatic carbocycles. The van der Waals surface area contributed by atoms with Crippen LogP contribution < -0.4 is 0 Å². The van der Waals surface area contributed by atoms with Crippen molar-refractivity contribution in [3.63, 3.8) is 0 Å². The zero-order valence-corrected chi connectivity index (χ0v) is 23.0. The van der Waals surface area contributed by atoms with Crippen molar-refractivity contribution in [1.82, 2.24) is 0 Å². The number of hydrogen-bond donors (Lipinski definition) is 0. The summed E-state index contributed by atoms with van der Waals surface area (Å²) in [4.78, 5) is 0. The van der Waals surface area contributed by atoms with Crippen molar-refractivity contribution in [1.29, 1.82) is 5.26 Å². The number of benzene rings is 6. The number of hydrogen-bond acceptors (Lipinski definition) is 3. The Morgan fingerprint density at radius 2 is 0.900 bits per heavy atom. The van der Waals surface area contributed by atoms with Crippen molar-refractivity contribution < 1.29 is 0 Å². The normalized spacial score (nSPS) is 11.5. The standard InChI is InChI=1S/C37H21NS2/c38-22-23-15-17-24(18-16-23)25-19-26(28-9-5-13-34-36(28)30-7-1-3-11-32(30)39-34)21-27(20-25)29-10-6-14-35-37(29)31-8-2-4-12-33(31)40-35/h1-21H. The van der Waals surface area contributed by atoms with Crippen molar-refractivity contribution in [3.8, 4) is 39.4 Å². The van der Waals surface area contributed by atoms with E-state index < -0.39 is 0 Å². The van der Waals surface area contributed by atoms with Crippen LogP contribution in [0, 0.1) is 11.3 Å². The Hall–Kier alpha value is -4.75. The van der Waals surface area contributed by atoms with E-state index in [1.165, 1.54) is 62.6 Å². The van der Waals surface area contributed by atoms with Gasteiger partial charge in [-0.3, -0.25) is 0 Å². The Bertz CT molecular complexity index is 2140. The third-order valence-electron chi connectivity index (χ3n) is 7.71. The molecular formula is C37H21NS2. The topological polar surface area (TPSA) is 23.8 Å². The molecule has 0 aliphatic heterocycles. The van der Waals surface area contributed by atoms with Gasteiger partial charge in [-0.2, -0.15) is 5.26 Å². The Kier molecular flexibility index (Phi) is 5.31. The average molecular weight is 544 g/mol. The molecule has 0 saturated heterocycles. The molecule has 8 aromatic rings. The monoisotopic (exact) mass is 543 g/mol. The van der Waals surface area contributed by atoms with Gasteiger partial charge in [-0.15, -0.1) is 22.7 Å². The number of nitrogens with zero attached hydrogens (tertiary/aromatic N) is 1. The third kappa shape index (κ3) is 3.66. The molecule has 0 unspecified atom stereocenters. The van der Waals surface area contributed by atoms with Gasteiger partial charge in [-0.1, -0.05) is 72.8 Å². The lowest BCUT2D eigenvalue weighted by Gasteiger charge is -2.13. The molecule has 0 fully saturated rings. The summed E-state index contributed by atoms with van der Waals surface area (Å²) < 4.78 is 5.22. The molecule has 6 aromatic carbocycles. The summed E-state index contributed by atoms with van der Waals surface area (Å²) in [6.07, 6.45) is 0. The van der Waals surface area contributed by atoms with Crippen molar-refractivity contribution in [2.24, 2.45) is 0 Å². The van der Waals surface area contributed by atoms with Gasteiger partial charge in [-0.25, -0.2) is 0 Å². The first-order valence-corrected chi connectivity index (χ1v) is 14.9. The highest BCUT2D eigenvalue weighted by molar-refractivity contribution is 7.26. The number of fused-ring (bicyclic) bond motifs is 6. The van der Waals surface area contributed by atoms with Crippen molar-refractivity contribution in [3.05, 3.63) is 133 Å². The SMILES string of the molecule is N#Cc1ccc(-c2cc(-c3cccc4sc5ccccc5c34)cc(-c3cccc4sc5ccccc5c34)c2)cc1. The molecular weight excluding hydrogens is 523 g/mol. The first-order valence-electron chi connectivity index (χ1n) is 13.2. The molecule has 0 radical (unpaired) electrons. The first-order chi connectivity index (χ1) is 19.8. The van der Waals surface area contributed by atoms with Crippen molar-refractivity contribution >= 4 is 63.0 Å². The van der Waals surface area contributed by atoms with Crippen LogP contribution in [0.15, 0.2) is 127 Å². The summed E-state index contributed by atoms with van der Waals surface area (Å²) in [5.41, 5.74) is 7.80. The summed E-state index contributed by atoms with van der Waals surface area (Å²) in [6.45, 7) is 0. The minimum atomic E-state index is 0.671. The van der Waals surface area contributed by atoms with E-state index in [1.807, 2.05) is 34.8 Å². The maximum atomic E-state index is 9.37. The third-order valence-corrected chi connectivity index (χ3v) is 9.98. The highest BCUT2D eigenvalue weighted by Crippen LogP contribution is 2.44. The van der Waals surface area contributed by atoms with E-state index in [4.69, 9.17) is 0 Å². The zero-order valence-electron chi connectivity index (χ0n) is 21.4. The second-order valence-corrected chi connectivity index (χ2v) is 12.2. The molecule has 2 heterocycles. The van der Waals surface area contributed by atoms with Gasteiger partial charge in [0.2, 0.25) is 0 Å². The molecule has 2 aromatic heterocycles. The summed E-state index contributed by atoms with van der Waals surface area (Å²) in [5.74, 6) is 0. The van der Waals surface area contributed by atoms with Gasteiger partial charge in [0, 0.05) is 40.3 Å². The molecule has 8 rings (SSSR count). The van der Waals surface area contributed by atoms with Crippen LogP contribution in [0.4, 0.5) is 0 Å². The van der Waals surface area contributed by atoms with E-state index in [0.717, 1.165) is 11.1 Å². The predicted molar refractivity (Wildman–Crippen MR) is 173 cm³/mol. The Labute approximate surface area is 239 Å². The molecule has 0 atom stereocenters. The smallest absolute Gasteiger partial charge is 0.0991 e. The van der Waals surface area contributed by atoms with Crippen LogP contribution in [0.25, 0.3) is 73.7 Å². The molecule has 186 valence electrons. The summed E-state index contributed by atoms with van der Waals surface area (Å²) in [6, 6.07) is 47.9. The molecule has 0 saturated carbocycles. The van der Waals surface area contributed by atoms with Gasteiger partial charge < -0.3 is 0 Å².